The first-order valence-electron chi connectivity index (χ1n) is 6.21. The van der Waals surface area contributed by atoms with E-state index in [2.05, 4.69) is 0 Å². The predicted octanol–water partition coefficient (Wildman–Crippen LogP) is 1.45. The minimum Gasteiger partial charge on any atom is -0.496 e. The summed E-state index contributed by atoms with van der Waals surface area (Å²) in [4.78, 5) is 11.3. The molecule has 0 radical (unpaired) electrons. The normalized spacial score (nSPS) is 12.3. The fourth-order valence-electron chi connectivity index (χ4n) is 2.26. The lowest BCUT2D eigenvalue weighted by Crippen LogP contribution is -2.31. The zero-order valence-corrected chi connectivity index (χ0v) is 10.9. The SMILES string of the molecule is COc1ccc(CC(CN)C(N)=O)c2ccccc12. The first-order valence-corrected chi connectivity index (χ1v) is 6.21. The first-order chi connectivity index (χ1) is 9.17. The van der Waals surface area contributed by atoms with Gasteiger partial charge < -0.3 is 16.2 Å². The Kier molecular flexibility index (Phi) is 4.02. The number of carbonyl (C=O) groups is 1. The molecule has 2 aromatic carbocycles. The Labute approximate surface area is 112 Å². The summed E-state index contributed by atoms with van der Waals surface area (Å²) < 4.78 is 5.34. The molecule has 0 heterocycles. The van der Waals surface area contributed by atoms with Crippen molar-refractivity contribution in [1.82, 2.24) is 0 Å². The smallest absolute Gasteiger partial charge is 0.222 e. The van der Waals surface area contributed by atoms with E-state index < -0.39 is 0 Å². The van der Waals surface area contributed by atoms with Crippen LogP contribution in [-0.2, 0) is 11.2 Å². The number of nitrogens with two attached hydrogens (primary N) is 2. The van der Waals surface area contributed by atoms with Crippen molar-refractivity contribution < 1.29 is 9.53 Å². The Hall–Kier alpha value is -2.07. The standard InChI is InChI=1S/C15H18N2O2/c1-19-14-7-6-10(8-11(9-16)15(17)18)12-4-2-3-5-13(12)14/h2-7,11H,8-9,16H2,1H3,(H2,17,18). The molecule has 0 aliphatic heterocycles. The first kappa shape index (κ1) is 13.4. The Morgan fingerprint density at radius 2 is 1.89 bits per heavy atom. The number of fused-ring (bicyclic) bond motifs is 1. The highest BCUT2D eigenvalue weighted by Gasteiger charge is 2.16. The molecule has 19 heavy (non-hydrogen) atoms. The van der Waals surface area contributed by atoms with Crippen molar-refractivity contribution in [2.24, 2.45) is 17.4 Å². The average Bonchev–Trinajstić information content (AvgIpc) is 2.44. The van der Waals surface area contributed by atoms with Gasteiger partial charge in [0.25, 0.3) is 0 Å². The molecule has 4 nitrogen and oxygen atoms in total. The van der Waals surface area contributed by atoms with E-state index in [9.17, 15) is 4.79 Å². The minimum absolute atomic E-state index is 0.260. The van der Waals surface area contributed by atoms with Crippen molar-refractivity contribution >= 4 is 16.7 Å². The average molecular weight is 258 g/mol. The molecule has 100 valence electrons. The molecule has 1 amide bonds. The van der Waals surface area contributed by atoms with Crippen molar-refractivity contribution in [3.63, 3.8) is 0 Å². The maximum Gasteiger partial charge on any atom is 0.222 e. The summed E-state index contributed by atoms with van der Waals surface area (Å²) in [5, 5.41) is 2.10. The Morgan fingerprint density at radius 3 is 2.47 bits per heavy atom. The van der Waals surface area contributed by atoms with E-state index in [-0.39, 0.29) is 18.4 Å². The van der Waals surface area contributed by atoms with E-state index in [0.29, 0.717) is 6.42 Å². The number of hydrogen-bond acceptors (Lipinski definition) is 3. The quantitative estimate of drug-likeness (QED) is 0.852. The van der Waals surface area contributed by atoms with Gasteiger partial charge in [0.15, 0.2) is 0 Å². The molecular weight excluding hydrogens is 240 g/mol. The van der Waals surface area contributed by atoms with E-state index in [0.717, 1.165) is 22.1 Å². The van der Waals surface area contributed by atoms with Gasteiger partial charge in [-0.1, -0.05) is 30.3 Å². The van der Waals surface area contributed by atoms with Gasteiger partial charge in [-0.3, -0.25) is 4.79 Å². The number of hydrogen-bond donors (Lipinski definition) is 2. The second-order valence-electron chi connectivity index (χ2n) is 4.51. The van der Waals surface area contributed by atoms with Crippen LogP contribution in [0.4, 0.5) is 0 Å². The predicted molar refractivity (Wildman–Crippen MR) is 75.9 cm³/mol. The Morgan fingerprint density at radius 1 is 1.21 bits per heavy atom. The summed E-state index contributed by atoms with van der Waals surface area (Å²) in [5.74, 6) is 0.127. The maximum absolute atomic E-state index is 11.3. The Bertz CT molecular complexity index is 596. The van der Waals surface area contributed by atoms with Gasteiger partial charge in [0.1, 0.15) is 5.75 Å². The molecule has 0 aromatic heterocycles. The third-order valence-electron chi connectivity index (χ3n) is 3.35. The molecule has 0 saturated heterocycles. The van der Waals surface area contributed by atoms with Crippen molar-refractivity contribution in [2.75, 3.05) is 13.7 Å². The van der Waals surface area contributed by atoms with E-state index in [1.165, 1.54) is 0 Å². The van der Waals surface area contributed by atoms with Gasteiger partial charge in [0, 0.05) is 11.9 Å². The molecule has 0 fully saturated rings. The number of carbonyl (C=O) groups excluding carboxylic acids is 1. The number of ether oxygens (including phenoxy) is 1. The molecule has 2 rings (SSSR count). The van der Waals surface area contributed by atoms with Gasteiger partial charge in [-0.25, -0.2) is 0 Å². The molecule has 0 spiro atoms. The Balaban J connectivity index is 2.47. The largest absolute Gasteiger partial charge is 0.496 e. The minimum atomic E-state index is -0.359. The van der Waals surface area contributed by atoms with Gasteiger partial charge in [-0.05, 0) is 23.4 Å². The maximum atomic E-state index is 11.3. The molecule has 4 heteroatoms. The molecular formula is C15H18N2O2. The molecule has 0 aliphatic rings. The van der Waals surface area contributed by atoms with Crippen LogP contribution in [0, 0.1) is 5.92 Å². The highest BCUT2D eigenvalue weighted by Crippen LogP contribution is 2.29. The van der Waals surface area contributed by atoms with E-state index >= 15 is 0 Å². The summed E-state index contributed by atoms with van der Waals surface area (Å²) >= 11 is 0. The van der Waals surface area contributed by atoms with Crippen LogP contribution in [0.1, 0.15) is 5.56 Å². The number of rotatable bonds is 5. The zero-order chi connectivity index (χ0) is 13.8. The van der Waals surface area contributed by atoms with Gasteiger partial charge in [-0.2, -0.15) is 0 Å². The molecule has 4 N–H and O–H groups in total. The van der Waals surface area contributed by atoms with Crippen LogP contribution >= 0.6 is 0 Å². The van der Waals surface area contributed by atoms with Crippen molar-refractivity contribution in [1.29, 1.82) is 0 Å². The van der Waals surface area contributed by atoms with Gasteiger partial charge in [0.2, 0.25) is 5.91 Å². The van der Waals surface area contributed by atoms with Crippen molar-refractivity contribution in [3.05, 3.63) is 42.0 Å². The molecule has 0 bridgehead atoms. The summed E-state index contributed by atoms with van der Waals surface area (Å²) in [6.45, 7) is 0.260. The molecule has 2 aromatic rings. The highest BCUT2D eigenvalue weighted by molar-refractivity contribution is 5.91. The van der Waals surface area contributed by atoms with Crippen molar-refractivity contribution in [3.8, 4) is 5.75 Å². The zero-order valence-electron chi connectivity index (χ0n) is 10.9. The van der Waals surface area contributed by atoms with Gasteiger partial charge >= 0.3 is 0 Å². The van der Waals surface area contributed by atoms with Crippen LogP contribution in [-0.4, -0.2) is 19.6 Å². The summed E-state index contributed by atoms with van der Waals surface area (Å²) in [6, 6.07) is 11.8. The number of methoxy groups -OCH3 is 1. The van der Waals surface area contributed by atoms with Gasteiger partial charge in [0.05, 0.1) is 13.0 Å². The second kappa shape index (κ2) is 5.71. The van der Waals surface area contributed by atoms with Gasteiger partial charge in [-0.15, -0.1) is 0 Å². The third-order valence-corrected chi connectivity index (χ3v) is 3.35. The van der Waals surface area contributed by atoms with E-state index in [1.54, 1.807) is 7.11 Å². The lowest BCUT2D eigenvalue weighted by molar-refractivity contribution is -0.121. The number of benzene rings is 2. The van der Waals surface area contributed by atoms with Crippen LogP contribution in [0.2, 0.25) is 0 Å². The van der Waals surface area contributed by atoms with E-state index in [1.807, 2.05) is 36.4 Å². The van der Waals surface area contributed by atoms with Crippen LogP contribution in [0.25, 0.3) is 10.8 Å². The van der Waals surface area contributed by atoms with E-state index in [4.69, 9.17) is 16.2 Å². The monoisotopic (exact) mass is 258 g/mol. The lowest BCUT2D eigenvalue weighted by atomic mass is 9.94. The lowest BCUT2D eigenvalue weighted by Gasteiger charge is -2.14. The molecule has 1 atom stereocenters. The second-order valence-corrected chi connectivity index (χ2v) is 4.51. The molecule has 1 unspecified atom stereocenters. The summed E-state index contributed by atoms with van der Waals surface area (Å²) in [5.41, 5.74) is 12.0. The van der Waals surface area contributed by atoms with Crippen LogP contribution < -0.4 is 16.2 Å². The van der Waals surface area contributed by atoms with Crippen molar-refractivity contribution in [2.45, 2.75) is 6.42 Å². The van der Waals surface area contributed by atoms with Crippen LogP contribution in [0.15, 0.2) is 36.4 Å². The number of primary amides is 1. The molecule has 0 saturated carbocycles. The van der Waals surface area contributed by atoms with Crippen LogP contribution in [0.3, 0.4) is 0 Å². The van der Waals surface area contributed by atoms with Crippen LogP contribution in [0.5, 0.6) is 5.75 Å². The fourth-order valence-corrected chi connectivity index (χ4v) is 2.26. The number of amides is 1. The molecule has 0 aliphatic carbocycles. The highest BCUT2D eigenvalue weighted by atomic mass is 16.5. The summed E-state index contributed by atoms with van der Waals surface area (Å²) in [7, 11) is 1.65. The third kappa shape index (κ3) is 2.69. The summed E-state index contributed by atoms with van der Waals surface area (Å²) in [6.07, 6.45) is 0.552. The topological polar surface area (TPSA) is 78.3 Å². The fraction of sp³-hybridized carbons (Fsp3) is 0.267.